The van der Waals surface area contributed by atoms with Gasteiger partial charge in [0.25, 0.3) is 11.5 Å². The van der Waals surface area contributed by atoms with Gasteiger partial charge in [0.15, 0.2) is 5.76 Å². The number of methoxy groups -OCH3 is 1. The Morgan fingerprint density at radius 2 is 2.29 bits per heavy atom. The van der Waals surface area contributed by atoms with Crippen molar-refractivity contribution in [3.8, 4) is 17.4 Å². The van der Waals surface area contributed by atoms with Gasteiger partial charge in [-0.2, -0.15) is 9.78 Å². The molecule has 0 aliphatic rings. The van der Waals surface area contributed by atoms with Crippen LogP contribution in [0, 0.1) is 6.92 Å². The van der Waals surface area contributed by atoms with E-state index in [-0.39, 0.29) is 24.0 Å². The molecule has 0 atom stereocenters. The number of aromatic nitrogens is 4. The van der Waals surface area contributed by atoms with Crippen molar-refractivity contribution < 1.29 is 13.9 Å². The summed E-state index contributed by atoms with van der Waals surface area (Å²) >= 11 is 0. The quantitative estimate of drug-likeness (QED) is 0.724. The molecular weight excluding hydrogens is 314 g/mol. The van der Waals surface area contributed by atoms with Crippen LogP contribution in [0.3, 0.4) is 0 Å². The molecule has 0 radical (unpaired) electrons. The Kier molecular flexibility index (Phi) is 4.25. The number of furan rings is 1. The van der Waals surface area contributed by atoms with Gasteiger partial charge in [0.1, 0.15) is 18.1 Å². The molecule has 0 aromatic carbocycles. The summed E-state index contributed by atoms with van der Waals surface area (Å²) in [6.07, 6.45) is 1.52. The molecule has 0 aliphatic carbocycles. The highest BCUT2D eigenvalue weighted by molar-refractivity contribution is 5.91. The average molecular weight is 329 g/mol. The number of carbonyl (C=O) groups excluding carboxylic acids is 1. The fourth-order valence-electron chi connectivity index (χ4n) is 2.15. The molecule has 3 rings (SSSR count). The number of hydrogen-bond acceptors (Lipinski definition) is 6. The number of nitrogens with zero attached hydrogens (tertiary/aromatic N) is 3. The van der Waals surface area contributed by atoms with Gasteiger partial charge < -0.3 is 14.5 Å². The first-order chi connectivity index (χ1) is 11.6. The summed E-state index contributed by atoms with van der Waals surface area (Å²) in [5, 5.41) is 7.02. The first-order valence-corrected chi connectivity index (χ1v) is 7.08. The van der Waals surface area contributed by atoms with Gasteiger partial charge in [-0.25, -0.2) is 4.98 Å². The van der Waals surface area contributed by atoms with E-state index in [1.165, 1.54) is 24.1 Å². The summed E-state index contributed by atoms with van der Waals surface area (Å²) in [7, 11) is 1.42. The zero-order valence-electron chi connectivity index (χ0n) is 13.1. The largest absolute Gasteiger partial charge is 0.463 e. The number of aromatic amines is 1. The second-order valence-electron chi connectivity index (χ2n) is 5.00. The predicted molar refractivity (Wildman–Crippen MR) is 84.9 cm³/mol. The molecule has 3 heterocycles. The van der Waals surface area contributed by atoms with Crippen LogP contribution in [0.25, 0.3) is 17.4 Å². The molecule has 0 bridgehead atoms. The Morgan fingerprint density at radius 1 is 1.46 bits per heavy atom. The standard InChI is InChI=1S/C15H15N5O4/c1-9-6-13(21)18-15(16-9)20-12(17-14(22)8-23-2)7-10(19-20)11-4-3-5-24-11/h3-7H,8H2,1-2H3,(H,17,22)(H,16,18,21). The predicted octanol–water partition coefficient (Wildman–Crippen LogP) is 1.11. The zero-order chi connectivity index (χ0) is 17.1. The number of hydrogen-bond donors (Lipinski definition) is 2. The lowest BCUT2D eigenvalue weighted by molar-refractivity contribution is -0.119. The highest BCUT2D eigenvalue weighted by Gasteiger charge is 2.16. The number of ether oxygens (including phenoxy) is 1. The van der Waals surface area contributed by atoms with E-state index in [4.69, 9.17) is 9.15 Å². The summed E-state index contributed by atoms with van der Waals surface area (Å²) in [6, 6.07) is 6.45. The van der Waals surface area contributed by atoms with Crippen molar-refractivity contribution in [2.24, 2.45) is 0 Å². The van der Waals surface area contributed by atoms with Gasteiger partial charge in [-0.15, -0.1) is 0 Å². The van der Waals surface area contributed by atoms with Crippen LogP contribution in [0.15, 0.2) is 39.7 Å². The number of amides is 1. The van der Waals surface area contributed by atoms with Gasteiger partial charge in [-0.05, 0) is 19.1 Å². The lowest BCUT2D eigenvalue weighted by Crippen LogP contribution is -2.21. The molecule has 0 unspecified atom stereocenters. The summed E-state index contributed by atoms with van der Waals surface area (Å²) < 4.78 is 11.5. The van der Waals surface area contributed by atoms with Crippen molar-refractivity contribution in [3.63, 3.8) is 0 Å². The van der Waals surface area contributed by atoms with E-state index in [9.17, 15) is 9.59 Å². The first kappa shape index (κ1) is 15.7. The third-order valence-corrected chi connectivity index (χ3v) is 3.08. The molecular formula is C15H15N5O4. The fourth-order valence-corrected chi connectivity index (χ4v) is 2.15. The Hall–Kier alpha value is -3.20. The van der Waals surface area contributed by atoms with Crippen molar-refractivity contribution in [1.29, 1.82) is 0 Å². The van der Waals surface area contributed by atoms with Gasteiger partial charge in [0.05, 0.1) is 6.26 Å². The van der Waals surface area contributed by atoms with E-state index in [2.05, 4.69) is 20.4 Å². The number of carbonyl (C=O) groups is 1. The molecule has 0 saturated carbocycles. The molecule has 0 saturated heterocycles. The van der Waals surface area contributed by atoms with Crippen LogP contribution in [0.2, 0.25) is 0 Å². The van der Waals surface area contributed by atoms with Crippen molar-refractivity contribution in [1.82, 2.24) is 19.7 Å². The van der Waals surface area contributed by atoms with Gasteiger partial charge >= 0.3 is 0 Å². The third-order valence-electron chi connectivity index (χ3n) is 3.08. The average Bonchev–Trinajstić information content (AvgIpc) is 3.15. The Morgan fingerprint density at radius 3 is 2.96 bits per heavy atom. The molecule has 124 valence electrons. The van der Waals surface area contributed by atoms with Gasteiger partial charge in [-0.3, -0.25) is 14.6 Å². The highest BCUT2D eigenvalue weighted by Crippen LogP contribution is 2.23. The minimum atomic E-state index is -0.361. The van der Waals surface area contributed by atoms with E-state index in [1.54, 1.807) is 25.1 Å². The molecule has 3 aromatic rings. The molecule has 2 N–H and O–H groups in total. The molecule has 0 aliphatic heterocycles. The van der Waals surface area contributed by atoms with E-state index in [0.29, 0.717) is 23.0 Å². The third kappa shape index (κ3) is 3.25. The van der Waals surface area contributed by atoms with E-state index < -0.39 is 0 Å². The summed E-state index contributed by atoms with van der Waals surface area (Å²) in [5.41, 5.74) is 0.691. The SMILES string of the molecule is COCC(=O)Nc1cc(-c2ccco2)nn1-c1nc(C)cc(=O)[nH]1. The Bertz CT molecular complexity index is 910. The molecule has 0 fully saturated rings. The molecule has 9 heteroatoms. The van der Waals surface area contributed by atoms with Crippen LogP contribution >= 0.6 is 0 Å². The van der Waals surface area contributed by atoms with E-state index >= 15 is 0 Å². The molecule has 3 aromatic heterocycles. The van der Waals surface area contributed by atoms with Crippen LogP contribution in [0.4, 0.5) is 5.82 Å². The minimum absolute atomic E-state index is 0.112. The normalized spacial score (nSPS) is 10.8. The van der Waals surface area contributed by atoms with Gasteiger partial charge in [-0.1, -0.05) is 0 Å². The lowest BCUT2D eigenvalue weighted by Gasteiger charge is -2.07. The number of H-pyrrole nitrogens is 1. The van der Waals surface area contributed by atoms with Crippen molar-refractivity contribution >= 4 is 11.7 Å². The lowest BCUT2D eigenvalue weighted by atomic mass is 10.3. The van der Waals surface area contributed by atoms with Crippen LogP contribution in [-0.2, 0) is 9.53 Å². The second-order valence-corrected chi connectivity index (χ2v) is 5.00. The maximum atomic E-state index is 11.8. The fraction of sp³-hybridized carbons (Fsp3) is 0.200. The van der Waals surface area contributed by atoms with Crippen molar-refractivity contribution in [2.45, 2.75) is 6.92 Å². The van der Waals surface area contributed by atoms with Crippen LogP contribution in [0.5, 0.6) is 0 Å². The van der Waals surface area contributed by atoms with Crippen LogP contribution in [-0.4, -0.2) is 39.4 Å². The zero-order valence-corrected chi connectivity index (χ0v) is 13.1. The van der Waals surface area contributed by atoms with Crippen molar-refractivity contribution in [2.75, 3.05) is 19.0 Å². The minimum Gasteiger partial charge on any atom is -0.463 e. The maximum Gasteiger partial charge on any atom is 0.252 e. The summed E-state index contributed by atoms with van der Waals surface area (Å²) in [5.74, 6) is 0.674. The topological polar surface area (TPSA) is 115 Å². The number of nitrogens with one attached hydrogen (secondary N) is 2. The first-order valence-electron chi connectivity index (χ1n) is 7.08. The second kappa shape index (κ2) is 6.50. The molecule has 1 amide bonds. The van der Waals surface area contributed by atoms with E-state index in [1.807, 2.05) is 0 Å². The Balaban J connectivity index is 2.08. The summed E-state index contributed by atoms with van der Waals surface area (Å²) in [6.45, 7) is 1.58. The monoisotopic (exact) mass is 329 g/mol. The van der Waals surface area contributed by atoms with Crippen LogP contribution in [0.1, 0.15) is 5.69 Å². The number of aryl methyl sites for hydroxylation is 1. The molecule has 24 heavy (non-hydrogen) atoms. The Labute approximate surface area is 136 Å². The van der Waals surface area contributed by atoms with Gasteiger partial charge in [0, 0.05) is 24.9 Å². The number of rotatable bonds is 5. The smallest absolute Gasteiger partial charge is 0.252 e. The molecule has 9 nitrogen and oxygen atoms in total. The van der Waals surface area contributed by atoms with Crippen molar-refractivity contribution in [3.05, 3.63) is 46.6 Å². The van der Waals surface area contributed by atoms with E-state index in [0.717, 1.165) is 0 Å². The highest BCUT2D eigenvalue weighted by atomic mass is 16.5. The maximum absolute atomic E-state index is 11.8. The van der Waals surface area contributed by atoms with Crippen LogP contribution < -0.4 is 10.9 Å². The molecule has 0 spiro atoms. The number of anilines is 1. The summed E-state index contributed by atoms with van der Waals surface area (Å²) in [4.78, 5) is 30.4. The van der Waals surface area contributed by atoms with Gasteiger partial charge in [0.2, 0.25) is 5.95 Å².